The number of piperazine rings is 1. The minimum absolute atomic E-state index is 0.0243. The first-order chi connectivity index (χ1) is 11.6. The molecule has 2 amide bonds. The van der Waals surface area contributed by atoms with Gasteiger partial charge < -0.3 is 14.8 Å². The van der Waals surface area contributed by atoms with Crippen LogP contribution >= 0.6 is 0 Å². The summed E-state index contributed by atoms with van der Waals surface area (Å²) < 4.78 is 10.9. The summed E-state index contributed by atoms with van der Waals surface area (Å²) in [6.45, 7) is 4.20. The molecule has 1 fully saturated rings. The number of benzene rings is 1. The number of amides is 2. The summed E-state index contributed by atoms with van der Waals surface area (Å²) in [6, 6.07) is 5.13. The number of nitrogens with one attached hydrogen (secondary N) is 2. The summed E-state index contributed by atoms with van der Waals surface area (Å²) in [4.78, 5) is 25.6. The molecule has 0 spiro atoms. The van der Waals surface area contributed by atoms with Gasteiger partial charge in [-0.15, -0.1) is 0 Å². The fourth-order valence-corrected chi connectivity index (χ4v) is 2.73. The Labute approximate surface area is 141 Å². The van der Waals surface area contributed by atoms with Crippen LogP contribution in [0, 0.1) is 0 Å². The summed E-state index contributed by atoms with van der Waals surface area (Å²) in [5.41, 5.74) is 3.05. The van der Waals surface area contributed by atoms with E-state index in [1.807, 2.05) is 30.0 Å². The molecule has 8 heteroatoms. The molecule has 4 N–H and O–H groups in total. The van der Waals surface area contributed by atoms with Gasteiger partial charge in [-0.25, -0.2) is 5.84 Å². The lowest BCUT2D eigenvalue weighted by Gasteiger charge is -2.34. The van der Waals surface area contributed by atoms with Gasteiger partial charge in [-0.2, -0.15) is 0 Å². The van der Waals surface area contributed by atoms with Crippen molar-refractivity contribution in [2.45, 2.75) is 25.9 Å². The highest BCUT2D eigenvalue weighted by Gasteiger charge is 2.31. The maximum absolute atomic E-state index is 12.1. The van der Waals surface area contributed by atoms with E-state index in [0.717, 1.165) is 5.56 Å². The van der Waals surface area contributed by atoms with Crippen LogP contribution in [0.4, 0.5) is 0 Å². The Bertz CT molecular complexity index is 593. The van der Waals surface area contributed by atoms with Gasteiger partial charge in [0.25, 0.3) is 0 Å². The van der Waals surface area contributed by atoms with E-state index < -0.39 is 6.04 Å². The van der Waals surface area contributed by atoms with Crippen LogP contribution < -0.4 is 26.1 Å². The van der Waals surface area contributed by atoms with Crippen molar-refractivity contribution in [2.24, 2.45) is 5.84 Å². The van der Waals surface area contributed by atoms with Gasteiger partial charge in [-0.1, -0.05) is 6.07 Å². The molecular formula is C16H24N4O4. The van der Waals surface area contributed by atoms with Crippen LogP contribution in [0.2, 0.25) is 0 Å². The Balaban J connectivity index is 2.14. The number of nitrogens with two attached hydrogens (primary N) is 1. The quantitative estimate of drug-likeness (QED) is 0.361. The van der Waals surface area contributed by atoms with E-state index >= 15 is 0 Å². The van der Waals surface area contributed by atoms with Crippen LogP contribution in [-0.4, -0.2) is 49.6 Å². The van der Waals surface area contributed by atoms with Gasteiger partial charge in [0, 0.05) is 19.6 Å². The van der Waals surface area contributed by atoms with Gasteiger partial charge >= 0.3 is 0 Å². The molecule has 1 aliphatic heterocycles. The normalized spacial score (nSPS) is 18.0. The summed E-state index contributed by atoms with van der Waals surface area (Å²) in [5, 5.41) is 2.78. The van der Waals surface area contributed by atoms with Crippen molar-refractivity contribution < 1.29 is 19.1 Å². The lowest BCUT2D eigenvalue weighted by Crippen LogP contribution is -2.56. The molecule has 0 aromatic heterocycles. The molecule has 0 aliphatic carbocycles. The molecule has 1 aromatic carbocycles. The number of nitrogens with zero attached hydrogens (tertiary/aromatic N) is 1. The average molecular weight is 336 g/mol. The largest absolute Gasteiger partial charge is 0.493 e. The van der Waals surface area contributed by atoms with E-state index in [1.165, 1.54) is 0 Å². The van der Waals surface area contributed by atoms with E-state index in [9.17, 15) is 9.59 Å². The van der Waals surface area contributed by atoms with E-state index in [2.05, 4.69) is 10.7 Å². The molecule has 132 valence electrons. The van der Waals surface area contributed by atoms with Gasteiger partial charge in [-0.05, 0) is 24.6 Å². The maximum atomic E-state index is 12.1. The van der Waals surface area contributed by atoms with Gasteiger partial charge in [0.1, 0.15) is 0 Å². The Kier molecular flexibility index (Phi) is 6.39. The molecule has 1 heterocycles. The fourth-order valence-electron chi connectivity index (χ4n) is 2.73. The smallest absolute Gasteiger partial charge is 0.237 e. The first-order valence-electron chi connectivity index (χ1n) is 7.90. The summed E-state index contributed by atoms with van der Waals surface area (Å²) in [6.07, 6.45) is 0.0243. The number of carbonyl (C=O) groups is 2. The Morgan fingerprint density at radius 3 is 2.92 bits per heavy atom. The standard InChI is InChI=1S/C16H24N4O4/c1-3-24-13-5-4-11(8-14(13)23-2)10-20-7-6-18-16(22)12(20)9-15(21)19-17/h4-5,8,12H,3,6-7,9-10,17H2,1-2H3,(H,18,22)(H,19,21). The molecule has 8 nitrogen and oxygen atoms in total. The van der Waals surface area contributed by atoms with Crippen molar-refractivity contribution in [3.05, 3.63) is 23.8 Å². The third-order valence-electron chi connectivity index (χ3n) is 3.89. The Morgan fingerprint density at radius 1 is 1.46 bits per heavy atom. The third-order valence-corrected chi connectivity index (χ3v) is 3.89. The molecule has 1 unspecified atom stereocenters. The predicted octanol–water partition coefficient (Wildman–Crippen LogP) is -0.226. The number of rotatable bonds is 7. The molecular weight excluding hydrogens is 312 g/mol. The zero-order valence-electron chi connectivity index (χ0n) is 14.0. The van der Waals surface area contributed by atoms with E-state index in [-0.39, 0.29) is 18.2 Å². The van der Waals surface area contributed by atoms with E-state index in [1.54, 1.807) is 7.11 Å². The number of hydrogen-bond acceptors (Lipinski definition) is 6. The number of methoxy groups -OCH3 is 1. The molecule has 0 bridgehead atoms. The SMILES string of the molecule is CCOc1ccc(CN2CCNC(=O)C2CC(=O)NN)cc1OC. The fraction of sp³-hybridized carbons (Fsp3) is 0.500. The molecule has 1 aromatic rings. The first kappa shape index (κ1) is 18.0. The Hall–Kier alpha value is -2.32. The van der Waals surface area contributed by atoms with Gasteiger partial charge in [0.05, 0.1) is 26.2 Å². The Morgan fingerprint density at radius 2 is 2.25 bits per heavy atom. The second-order valence-corrected chi connectivity index (χ2v) is 5.47. The average Bonchev–Trinajstić information content (AvgIpc) is 2.59. The number of carbonyl (C=O) groups excluding carboxylic acids is 2. The van der Waals surface area contributed by atoms with Crippen molar-refractivity contribution in [3.63, 3.8) is 0 Å². The van der Waals surface area contributed by atoms with Crippen LogP contribution in [0.1, 0.15) is 18.9 Å². The molecule has 2 rings (SSSR count). The van der Waals surface area contributed by atoms with Crippen molar-refractivity contribution in [2.75, 3.05) is 26.8 Å². The number of hydrazine groups is 1. The van der Waals surface area contributed by atoms with Crippen LogP contribution in [0.25, 0.3) is 0 Å². The maximum Gasteiger partial charge on any atom is 0.237 e. The number of ether oxygens (including phenoxy) is 2. The van der Waals surface area contributed by atoms with Crippen molar-refractivity contribution in [1.82, 2.24) is 15.6 Å². The van der Waals surface area contributed by atoms with Gasteiger partial charge in [-0.3, -0.25) is 19.9 Å². The second kappa shape index (κ2) is 8.51. The predicted molar refractivity (Wildman–Crippen MR) is 88.3 cm³/mol. The topological polar surface area (TPSA) is 106 Å². The van der Waals surface area contributed by atoms with E-state index in [0.29, 0.717) is 37.7 Å². The summed E-state index contributed by atoms with van der Waals surface area (Å²) >= 11 is 0. The highest BCUT2D eigenvalue weighted by atomic mass is 16.5. The van der Waals surface area contributed by atoms with Crippen LogP contribution in [0.3, 0.4) is 0 Å². The van der Waals surface area contributed by atoms with Crippen LogP contribution in [0.5, 0.6) is 11.5 Å². The zero-order valence-corrected chi connectivity index (χ0v) is 14.0. The van der Waals surface area contributed by atoms with Crippen molar-refractivity contribution in [1.29, 1.82) is 0 Å². The molecule has 1 aliphatic rings. The molecule has 1 atom stereocenters. The number of hydrogen-bond donors (Lipinski definition) is 3. The van der Waals surface area contributed by atoms with Crippen molar-refractivity contribution in [3.8, 4) is 11.5 Å². The minimum atomic E-state index is -0.542. The monoisotopic (exact) mass is 336 g/mol. The van der Waals surface area contributed by atoms with Gasteiger partial charge in [0.2, 0.25) is 11.8 Å². The molecule has 0 saturated carbocycles. The molecule has 24 heavy (non-hydrogen) atoms. The highest BCUT2D eigenvalue weighted by molar-refractivity contribution is 5.88. The molecule has 1 saturated heterocycles. The lowest BCUT2D eigenvalue weighted by atomic mass is 10.1. The first-order valence-corrected chi connectivity index (χ1v) is 7.90. The third kappa shape index (κ3) is 4.36. The zero-order chi connectivity index (χ0) is 17.5. The molecule has 0 radical (unpaired) electrons. The summed E-state index contributed by atoms with van der Waals surface area (Å²) in [7, 11) is 1.59. The van der Waals surface area contributed by atoms with Crippen LogP contribution in [-0.2, 0) is 16.1 Å². The second-order valence-electron chi connectivity index (χ2n) is 5.47. The van der Waals surface area contributed by atoms with E-state index in [4.69, 9.17) is 15.3 Å². The minimum Gasteiger partial charge on any atom is -0.493 e. The summed E-state index contributed by atoms with van der Waals surface area (Å²) in [5.74, 6) is 5.93. The highest BCUT2D eigenvalue weighted by Crippen LogP contribution is 2.29. The van der Waals surface area contributed by atoms with Crippen LogP contribution in [0.15, 0.2) is 18.2 Å². The lowest BCUT2D eigenvalue weighted by molar-refractivity contribution is -0.134. The van der Waals surface area contributed by atoms with Crippen molar-refractivity contribution >= 4 is 11.8 Å². The van der Waals surface area contributed by atoms with Gasteiger partial charge in [0.15, 0.2) is 11.5 Å².